The first-order valence-corrected chi connectivity index (χ1v) is 11.0. The summed E-state index contributed by atoms with van der Waals surface area (Å²) in [7, 11) is -9.41. The number of rotatable bonds is 6. The van der Waals surface area contributed by atoms with Crippen LogP contribution in [-0.4, -0.2) is 41.9 Å². The van der Waals surface area contributed by atoms with Crippen LogP contribution < -0.4 is 104 Å². The first-order chi connectivity index (χ1) is 14.9. The summed E-state index contributed by atoms with van der Waals surface area (Å²) in [6.07, 6.45) is -2.03. The van der Waals surface area contributed by atoms with Crippen LogP contribution in [0.1, 0.15) is 0 Å². The first kappa shape index (κ1) is 34.1. The molecule has 1 aromatic heterocycles. The minimum absolute atomic E-state index is 0. The van der Waals surface area contributed by atoms with Gasteiger partial charge in [-0.3, -0.25) is 9.89 Å². The largest absolute Gasteiger partial charge is 1.00 e. The number of azo groups is 1. The third-order valence-corrected chi connectivity index (χ3v) is 5.49. The molecule has 0 atom stereocenters. The Hall–Kier alpha value is -0.860. The molecule has 0 bridgehead atoms. The Kier molecular flexibility index (Phi) is 13.3. The van der Waals surface area contributed by atoms with E-state index in [4.69, 9.17) is 0 Å². The van der Waals surface area contributed by atoms with Gasteiger partial charge in [0.1, 0.15) is 20.2 Å². The van der Waals surface area contributed by atoms with Crippen molar-refractivity contribution in [3.05, 3.63) is 58.9 Å². The molecule has 3 rings (SSSR count). The standard InChI is InChI=1S/C16H12N4O10S2.3Na/c21-15-13(18-17-9-1-5-11(6-2-9)31(24,25)26)14(30-16(22)23)19-20(15)10-3-7-12(8-4-10)32(27,28)29;;;/h1-8,19H,(H,22,23)(H,24,25,26)(H,27,28,29);;;/q;3*+1/p-3. The maximum atomic E-state index is 12.6. The summed E-state index contributed by atoms with van der Waals surface area (Å²) in [5.74, 6) is -0.682. The van der Waals surface area contributed by atoms with E-state index in [0.717, 1.165) is 53.2 Å². The molecule has 0 aliphatic carbocycles. The molecule has 2 aromatic carbocycles. The molecule has 0 saturated carbocycles. The fraction of sp³-hybridized carbons (Fsp3) is 0. The van der Waals surface area contributed by atoms with Crippen molar-refractivity contribution in [1.82, 2.24) is 9.78 Å². The van der Waals surface area contributed by atoms with E-state index in [1.807, 2.05) is 0 Å². The van der Waals surface area contributed by atoms with Crippen molar-refractivity contribution >= 4 is 37.8 Å². The van der Waals surface area contributed by atoms with Crippen molar-refractivity contribution in [2.75, 3.05) is 0 Å². The summed E-state index contributed by atoms with van der Waals surface area (Å²) in [6, 6.07) is 8.17. The number of carbonyl (C=O) groups excluding carboxylic acids is 1. The van der Waals surface area contributed by atoms with Gasteiger partial charge in [0.15, 0.2) is 11.6 Å². The molecule has 0 radical (unpaired) electrons. The predicted molar refractivity (Wildman–Crippen MR) is 99.0 cm³/mol. The van der Waals surface area contributed by atoms with E-state index in [1.54, 1.807) is 0 Å². The fourth-order valence-electron chi connectivity index (χ4n) is 2.38. The Balaban J connectivity index is 0.00000385. The Bertz CT molecular complexity index is 1480. The fourth-order valence-corrected chi connectivity index (χ4v) is 3.32. The smallest absolute Gasteiger partial charge is 0.744 e. The number of hydrogen-bond donors (Lipinski definition) is 1. The average molecular weight is 550 g/mol. The van der Waals surface area contributed by atoms with E-state index < -0.39 is 53.3 Å². The average Bonchev–Trinajstić information content (AvgIpc) is 3.00. The predicted octanol–water partition coefficient (Wildman–Crippen LogP) is -8.88. The van der Waals surface area contributed by atoms with Crippen LogP contribution in [0.3, 0.4) is 0 Å². The van der Waals surface area contributed by atoms with Gasteiger partial charge in [-0.25, -0.2) is 21.5 Å². The molecule has 0 spiro atoms. The van der Waals surface area contributed by atoms with Gasteiger partial charge < -0.3 is 23.7 Å². The SMILES string of the molecule is O=C([O-])Oc1[nH]n(-c2ccc(S(=O)(=O)[O-])cc2)c(=O)c1N=Nc1ccc(S(=O)(=O)[O-])cc1.[Na+].[Na+].[Na+]. The Morgan fingerprint density at radius 1 is 0.829 bits per heavy atom. The van der Waals surface area contributed by atoms with Crippen molar-refractivity contribution in [3.63, 3.8) is 0 Å². The molecule has 0 fully saturated rings. The van der Waals surface area contributed by atoms with Crippen LogP contribution in [0.4, 0.5) is 16.2 Å². The number of aromatic nitrogens is 2. The summed E-state index contributed by atoms with van der Waals surface area (Å²) in [5, 5.41) is 20.4. The van der Waals surface area contributed by atoms with Crippen LogP contribution in [0.15, 0.2) is 73.3 Å². The number of carbonyl (C=O) groups is 1. The van der Waals surface area contributed by atoms with Crippen molar-refractivity contribution in [3.8, 4) is 11.6 Å². The molecule has 0 amide bonds. The number of nitrogens with zero attached hydrogens (tertiary/aromatic N) is 3. The van der Waals surface area contributed by atoms with Crippen molar-refractivity contribution in [1.29, 1.82) is 0 Å². The number of ether oxygens (including phenoxy) is 1. The number of nitrogens with one attached hydrogen (secondary N) is 1. The van der Waals surface area contributed by atoms with Gasteiger partial charge in [-0.15, -0.1) is 5.11 Å². The summed E-state index contributed by atoms with van der Waals surface area (Å²) < 4.78 is 71.0. The van der Waals surface area contributed by atoms with Gasteiger partial charge in [-0.2, -0.15) is 5.11 Å². The van der Waals surface area contributed by atoms with Gasteiger partial charge in [-0.1, -0.05) is 0 Å². The number of aromatic amines is 1. The number of benzene rings is 2. The van der Waals surface area contributed by atoms with Crippen LogP contribution in [0, 0.1) is 0 Å². The molecule has 0 aliphatic rings. The molecule has 168 valence electrons. The Morgan fingerprint density at radius 3 is 1.71 bits per heavy atom. The third-order valence-electron chi connectivity index (χ3n) is 3.79. The van der Waals surface area contributed by atoms with E-state index in [-0.39, 0.29) is 100 Å². The summed E-state index contributed by atoms with van der Waals surface area (Å²) in [4.78, 5) is 22.4. The van der Waals surface area contributed by atoms with E-state index >= 15 is 0 Å². The van der Waals surface area contributed by atoms with Gasteiger partial charge in [0, 0.05) is 0 Å². The second kappa shape index (κ2) is 13.6. The molecule has 0 saturated heterocycles. The van der Waals surface area contributed by atoms with Crippen LogP contribution in [0.5, 0.6) is 5.88 Å². The second-order valence-electron chi connectivity index (χ2n) is 5.88. The van der Waals surface area contributed by atoms with Crippen LogP contribution in [0.2, 0.25) is 0 Å². The van der Waals surface area contributed by atoms with Gasteiger partial charge in [-0.05, 0) is 48.5 Å². The summed E-state index contributed by atoms with van der Waals surface area (Å²) >= 11 is 0. The molecule has 1 heterocycles. The minimum Gasteiger partial charge on any atom is -0.744 e. The number of H-pyrrole nitrogens is 1. The zero-order valence-corrected chi connectivity index (χ0v) is 26.0. The van der Waals surface area contributed by atoms with Crippen LogP contribution in [0.25, 0.3) is 5.69 Å². The van der Waals surface area contributed by atoms with E-state index in [2.05, 4.69) is 20.1 Å². The first-order valence-electron chi connectivity index (χ1n) is 8.14. The molecule has 0 unspecified atom stereocenters. The summed E-state index contributed by atoms with van der Waals surface area (Å²) in [5.41, 5.74) is -1.59. The maximum absolute atomic E-state index is 12.6. The molecule has 35 heavy (non-hydrogen) atoms. The van der Waals surface area contributed by atoms with Crippen molar-refractivity contribution < 1.29 is 129 Å². The Morgan fingerprint density at radius 2 is 1.29 bits per heavy atom. The molecule has 19 heteroatoms. The molecular weight excluding hydrogens is 541 g/mol. The normalized spacial score (nSPS) is 11.1. The van der Waals surface area contributed by atoms with Gasteiger partial charge in [0.05, 0.1) is 21.2 Å². The van der Waals surface area contributed by atoms with E-state index in [0.29, 0.717) is 0 Å². The van der Waals surface area contributed by atoms with E-state index in [1.165, 1.54) is 0 Å². The van der Waals surface area contributed by atoms with Crippen LogP contribution >= 0.6 is 0 Å². The molecule has 0 aliphatic heterocycles. The van der Waals surface area contributed by atoms with Gasteiger partial charge >= 0.3 is 94.2 Å². The van der Waals surface area contributed by atoms with Crippen LogP contribution in [-0.2, 0) is 20.2 Å². The second-order valence-corrected chi connectivity index (χ2v) is 8.64. The maximum Gasteiger partial charge on any atom is 1.00 e. The summed E-state index contributed by atoms with van der Waals surface area (Å²) in [6.45, 7) is 0. The molecular formula is C16H9N4Na3O10S2. The van der Waals surface area contributed by atoms with Crippen molar-refractivity contribution in [2.24, 2.45) is 10.2 Å². The molecule has 1 N–H and O–H groups in total. The Labute approximate surface area is 264 Å². The molecule has 3 aromatic rings. The molecule has 14 nitrogen and oxygen atoms in total. The van der Waals surface area contributed by atoms with Crippen molar-refractivity contribution in [2.45, 2.75) is 9.79 Å². The zero-order valence-electron chi connectivity index (χ0n) is 18.4. The number of hydrogen-bond acceptors (Lipinski definition) is 12. The van der Waals surface area contributed by atoms with E-state index in [9.17, 15) is 40.6 Å². The van der Waals surface area contributed by atoms with Gasteiger partial charge in [0.2, 0.25) is 0 Å². The number of carboxylic acid groups (broad SMARTS) is 1. The topological polar surface area (TPSA) is 226 Å². The van der Waals surface area contributed by atoms with Gasteiger partial charge in [0.25, 0.3) is 6.16 Å². The quantitative estimate of drug-likeness (QED) is 0.132. The third kappa shape index (κ3) is 8.89. The zero-order chi connectivity index (χ0) is 23.7. The minimum atomic E-state index is -4.73. The monoisotopic (exact) mass is 550 g/mol.